The molecule has 9 aromatic carbocycles. The van der Waals surface area contributed by atoms with Crippen LogP contribution in [0.3, 0.4) is 0 Å². The maximum absolute atomic E-state index is 5.19. The van der Waals surface area contributed by atoms with Crippen LogP contribution in [-0.4, -0.2) is 0 Å². The third kappa shape index (κ3) is 38.6. The molecule has 340 valence electrons. The Balaban J connectivity index is -0.000000225. The first kappa shape index (κ1) is 73.1. The Morgan fingerprint density at radius 2 is 0.377 bits per heavy atom. The second kappa shape index (κ2) is 54.1. The van der Waals surface area contributed by atoms with E-state index in [1.807, 2.05) is 84.9 Å². The Kier molecular flexibility index (Phi) is 57.3. The molecule has 0 unspecified atom stereocenters. The molecule has 0 aliphatic heterocycles. The van der Waals surface area contributed by atoms with Crippen LogP contribution in [0.5, 0.6) is 0 Å². The summed E-state index contributed by atoms with van der Waals surface area (Å²) >= 11 is 0. The SMILES string of the molecule is [CH-]=CC=[CH-].[CH-]=CC=[CH-].[CH-]=CC=[CH-].[CH-]=Cc1[c-]cccc1.[CH-]=Cc1[c-]cccc1.[W+2].[W+2].[W+2].[W+2].[W+2].c1ccc2ccccc2c1.c1ccc2ccccc2c1.c1ccc2ccccc2c1.c1ccccc1. The van der Waals surface area contributed by atoms with Crippen molar-refractivity contribution in [3.05, 3.63) is 343 Å². The molecule has 0 nitrogen and oxygen atoms in total. The van der Waals surface area contributed by atoms with Crippen molar-refractivity contribution in [2.24, 2.45) is 0 Å². The van der Waals surface area contributed by atoms with E-state index in [2.05, 4.69) is 158 Å². The third-order valence-electron chi connectivity index (χ3n) is 7.80. The van der Waals surface area contributed by atoms with Crippen LogP contribution >= 0.6 is 0 Å². The van der Waals surface area contributed by atoms with Crippen molar-refractivity contribution in [1.82, 2.24) is 0 Å². The number of hydrogen-bond acceptors (Lipinski definition) is 0. The van der Waals surface area contributed by atoms with Crippen molar-refractivity contribution < 1.29 is 105 Å². The summed E-state index contributed by atoms with van der Waals surface area (Å²) in [6.45, 7) is 38.7. The Morgan fingerprint density at radius 3 is 0.478 bits per heavy atom. The molecule has 9 rings (SSSR count). The van der Waals surface area contributed by atoms with Crippen LogP contribution in [0.2, 0.25) is 0 Å². The summed E-state index contributed by atoms with van der Waals surface area (Å²) in [4.78, 5) is 0. The van der Waals surface area contributed by atoms with Crippen molar-refractivity contribution in [2.75, 3.05) is 0 Å². The fourth-order valence-electron chi connectivity index (χ4n) is 4.81. The number of allylic oxidation sites excluding steroid dienone is 6. The number of fused-ring (bicyclic) bond motifs is 3. The van der Waals surface area contributed by atoms with Crippen LogP contribution in [0.4, 0.5) is 0 Å². The van der Waals surface area contributed by atoms with Gasteiger partial charge in [0.15, 0.2) is 0 Å². The monoisotopic (exact) mass is 1740 g/mol. The van der Waals surface area contributed by atoms with Gasteiger partial charge in [0.1, 0.15) is 0 Å². The zero-order valence-corrected chi connectivity index (χ0v) is 52.9. The summed E-state index contributed by atoms with van der Waals surface area (Å²) in [5, 5.41) is 7.86. The van der Waals surface area contributed by atoms with Crippen LogP contribution in [0.15, 0.2) is 267 Å². The molecule has 0 aliphatic carbocycles. The molecular formula is C64H54W5. The summed E-state index contributed by atoms with van der Waals surface area (Å²) in [6, 6.07) is 83.2. The maximum atomic E-state index is 5.19. The Hall–Kier alpha value is -4.88. The average molecular weight is 1740 g/mol. The molecule has 0 radical (unpaired) electrons. The molecule has 0 spiro atoms. The van der Waals surface area contributed by atoms with Gasteiger partial charge in [-0.15, -0.1) is 12.1 Å². The first-order valence-corrected chi connectivity index (χ1v) is 20.1. The minimum atomic E-state index is 0. The molecular weight excluding hydrogens is 1690 g/mol. The normalized spacial score (nSPS) is 7.88. The van der Waals surface area contributed by atoms with E-state index in [-0.39, 0.29) is 105 Å². The standard InChI is InChI=1S/3C10H8.2C8H6.C6H6.3C4H4.5W/c3*1-2-6-10-8-4-3-7-9(10)5-1;2*1-2-8-6-4-3-5-7-8;1-2-4-6-5-3-1;3*1-3-4-2;;;;;/h3*1-8H;2*1-6H;1-6H;3*1-4H;;;;;/q;;;2*-2;;3*-2;5*+2. The molecule has 0 aromatic heterocycles. The predicted molar refractivity (Wildman–Crippen MR) is 280 cm³/mol. The van der Waals surface area contributed by atoms with Gasteiger partial charge >= 0.3 is 105 Å². The summed E-state index contributed by atoms with van der Waals surface area (Å²) in [5.74, 6) is 0. The molecule has 0 N–H and O–H groups in total. The van der Waals surface area contributed by atoms with E-state index < -0.39 is 0 Å². The molecule has 0 aliphatic rings. The molecule has 69 heavy (non-hydrogen) atoms. The van der Waals surface area contributed by atoms with E-state index in [1.165, 1.54) is 80.9 Å². The second-order valence-electron chi connectivity index (χ2n) is 12.3. The topological polar surface area (TPSA) is 0 Å². The zero-order valence-electron chi connectivity index (χ0n) is 38.2. The molecule has 0 saturated heterocycles. The van der Waals surface area contributed by atoms with Gasteiger partial charge < -0.3 is 112 Å². The largest absolute Gasteiger partial charge is 2.00 e. The molecule has 0 amide bonds. The number of hydrogen-bond donors (Lipinski definition) is 0. The molecule has 9 aromatic rings. The second-order valence-corrected chi connectivity index (χ2v) is 12.3. The summed E-state index contributed by atoms with van der Waals surface area (Å²) in [6.07, 6.45) is 10.7. The number of rotatable bonds is 5. The molecule has 0 atom stereocenters. The minimum absolute atomic E-state index is 0. The van der Waals surface area contributed by atoms with Crippen molar-refractivity contribution >= 4 is 44.5 Å². The summed E-state index contributed by atoms with van der Waals surface area (Å²) in [5.41, 5.74) is 1.88. The van der Waals surface area contributed by atoms with Gasteiger partial charge in [-0.3, -0.25) is 0 Å². The van der Waals surface area contributed by atoms with Crippen LogP contribution in [0, 0.1) is 64.8 Å². The molecule has 0 heterocycles. The fraction of sp³-hybridized carbons (Fsp3) is 0. The van der Waals surface area contributed by atoms with Crippen molar-refractivity contribution in [3.63, 3.8) is 0 Å². The van der Waals surface area contributed by atoms with Crippen LogP contribution in [0.1, 0.15) is 11.1 Å². The van der Waals surface area contributed by atoms with E-state index in [0.717, 1.165) is 11.1 Å². The van der Waals surface area contributed by atoms with Gasteiger partial charge in [0, 0.05) is 0 Å². The Bertz CT molecular complexity index is 2120. The van der Waals surface area contributed by atoms with Crippen LogP contribution < -0.4 is 0 Å². The third-order valence-corrected chi connectivity index (χ3v) is 7.80. The van der Waals surface area contributed by atoms with E-state index >= 15 is 0 Å². The van der Waals surface area contributed by atoms with Gasteiger partial charge in [0.2, 0.25) is 0 Å². The zero-order chi connectivity index (χ0) is 46.6. The summed E-state index contributed by atoms with van der Waals surface area (Å²) < 4.78 is 0. The first-order chi connectivity index (χ1) is 31.5. The van der Waals surface area contributed by atoms with Crippen LogP contribution in [0.25, 0.3) is 44.5 Å². The van der Waals surface area contributed by atoms with Gasteiger partial charge in [-0.25, -0.2) is 24.3 Å². The van der Waals surface area contributed by atoms with Gasteiger partial charge in [0.25, 0.3) is 0 Å². The van der Waals surface area contributed by atoms with Gasteiger partial charge in [-0.2, -0.15) is 24.3 Å². The van der Waals surface area contributed by atoms with Crippen LogP contribution in [-0.2, 0) is 105 Å². The Morgan fingerprint density at radius 1 is 0.217 bits per heavy atom. The van der Waals surface area contributed by atoms with Crippen molar-refractivity contribution in [1.29, 1.82) is 0 Å². The van der Waals surface area contributed by atoms with Gasteiger partial charge in [0.05, 0.1) is 0 Å². The predicted octanol–water partition coefficient (Wildman–Crippen LogP) is 17.0. The molecule has 0 fully saturated rings. The van der Waals surface area contributed by atoms with Crippen molar-refractivity contribution in [3.8, 4) is 0 Å². The Labute approximate surface area is 487 Å². The number of benzene rings is 9. The smallest absolute Gasteiger partial charge is 0.394 e. The minimum Gasteiger partial charge on any atom is -0.394 e. The first-order valence-electron chi connectivity index (χ1n) is 20.1. The fourth-order valence-corrected chi connectivity index (χ4v) is 4.81. The molecule has 0 saturated carbocycles. The van der Waals surface area contributed by atoms with Gasteiger partial charge in [-0.1, -0.05) is 182 Å². The van der Waals surface area contributed by atoms with Crippen molar-refractivity contribution in [2.45, 2.75) is 0 Å². The summed E-state index contributed by atoms with van der Waals surface area (Å²) in [7, 11) is 0. The van der Waals surface area contributed by atoms with E-state index in [0.29, 0.717) is 0 Å². The average Bonchev–Trinajstić information content (AvgIpc) is 3.41. The van der Waals surface area contributed by atoms with E-state index in [1.54, 1.807) is 0 Å². The molecule has 5 heteroatoms. The quantitative estimate of drug-likeness (QED) is 0.119. The van der Waals surface area contributed by atoms with Gasteiger partial charge in [-0.05, 0) is 32.3 Å². The molecule has 0 bridgehead atoms. The van der Waals surface area contributed by atoms with E-state index in [9.17, 15) is 0 Å². The van der Waals surface area contributed by atoms with E-state index in [4.69, 9.17) is 52.6 Å². The maximum Gasteiger partial charge on any atom is 2.00 e.